The number of aliphatic hydroxyl groups excluding tert-OH is 1. The zero-order chi connectivity index (χ0) is 12.3. The van der Waals surface area contributed by atoms with E-state index in [4.69, 9.17) is 16.3 Å². The quantitative estimate of drug-likeness (QED) is 0.872. The molecule has 1 aliphatic heterocycles. The number of halogens is 1. The Hall–Kier alpha value is -0.770. The first-order valence-corrected chi connectivity index (χ1v) is 6.32. The number of hydrogen-bond acceptors (Lipinski definition) is 3. The molecule has 0 aliphatic carbocycles. The Morgan fingerprint density at radius 3 is 3.00 bits per heavy atom. The van der Waals surface area contributed by atoms with E-state index in [1.165, 1.54) is 0 Å². The Kier molecular flexibility index (Phi) is 4.26. The van der Waals surface area contributed by atoms with Gasteiger partial charge in [-0.3, -0.25) is 0 Å². The molecular formula is C13H18ClNO2. The van der Waals surface area contributed by atoms with E-state index in [-0.39, 0.29) is 5.92 Å². The zero-order valence-corrected chi connectivity index (χ0v) is 10.7. The summed E-state index contributed by atoms with van der Waals surface area (Å²) < 4.78 is 5.16. The number of ether oxygens (including phenoxy) is 1. The largest absolute Gasteiger partial charge is 0.495 e. The van der Waals surface area contributed by atoms with Crippen LogP contribution in [0.3, 0.4) is 0 Å². The standard InChI is InChI=1S/C13H18ClNO2/c1-17-12-7-9(4-5-11(12)14)13(16)10-3-2-6-15-8-10/h4-5,7,10,13,15-16H,2-3,6,8H2,1H3. The van der Waals surface area contributed by atoms with Crippen LogP contribution in [-0.2, 0) is 0 Å². The van der Waals surface area contributed by atoms with Crippen LogP contribution < -0.4 is 10.1 Å². The highest BCUT2D eigenvalue weighted by Crippen LogP contribution is 2.32. The number of nitrogens with one attached hydrogen (secondary N) is 1. The summed E-state index contributed by atoms with van der Waals surface area (Å²) >= 11 is 5.97. The van der Waals surface area contributed by atoms with Crippen molar-refractivity contribution in [2.45, 2.75) is 18.9 Å². The van der Waals surface area contributed by atoms with E-state index in [9.17, 15) is 5.11 Å². The van der Waals surface area contributed by atoms with Crippen LogP contribution in [0.4, 0.5) is 0 Å². The highest BCUT2D eigenvalue weighted by atomic mass is 35.5. The molecule has 1 aromatic rings. The SMILES string of the molecule is COc1cc(C(O)C2CCCNC2)ccc1Cl. The monoisotopic (exact) mass is 255 g/mol. The molecule has 1 aromatic carbocycles. The molecule has 3 nitrogen and oxygen atoms in total. The minimum atomic E-state index is -0.450. The van der Waals surface area contributed by atoms with Gasteiger partial charge >= 0.3 is 0 Å². The van der Waals surface area contributed by atoms with Crippen molar-refractivity contribution in [3.8, 4) is 5.75 Å². The molecule has 1 aliphatic rings. The first kappa shape index (κ1) is 12.7. The zero-order valence-electron chi connectivity index (χ0n) is 9.95. The molecule has 4 heteroatoms. The van der Waals surface area contributed by atoms with Gasteiger partial charge in [0.1, 0.15) is 5.75 Å². The van der Waals surface area contributed by atoms with Crippen molar-refractivity contribution >= 4 is 11.6 Å². The molecular weight excluding hydrogens is 238 g/mol. The van der Waals surface area contributed by atoms with Gasteiger partial charge in [-0.2, -0.15) is 0 Å². The third-order valence-electron chi connectivity index (χ3n) is 3.30. The van der Waals surface area contributed by atoms with Crippen molar-refractivity contribution in [3.05, 3.63) is 28.8 Å². The van der Waals surface area contributed by atoms with Gasteiger partial charge in [0.2, 0.25) is 0 Å². The Morgan fingerprint density at radius 2 is 2.35 bits per heavy atom. The number of hydrogen-bond donors (Lipinski definition) is 2. The molecule has 0 saturated carbocycles. The first-order valence-electron chi connectivity index (χ1n) is 5.94. The summed E-state index contributed by atoms with van der Waals surface area (Å²) in [5.74, 6) is 0.890. The van der Waals surface area contributed by atoms with Gasteiger partial charge in [-0.05, 0) is 37.1 Å². The van der Waals surface area contributed by atoms with Crippen molar-refractivity contribution in [3.63, 3.8) is 0 Å². The molecule has 2 atom stereocenters. The fraction of sp³-hybridized carbons (Fsp3) is 0.538. The van der Waals surface area contributed by atoms with Crippen molar-refractivity contribution in [1.29, 1.82) is 0 Å². The van der Waals surface area contributed by atoms with Crippen LogP contribution in [0.1, 0.15) is 24.5 Å². The summed E-state index contributed by atoms with van der Waals surface area (Å²) in [5.41, 5.74) is 0.875. The fourth-order valence-corrected chi connectivity index (χ4v) is 2.48. The van der Waals surface area contributed by atoms with Crippen LogP contribution in [0.5, 0.6) is 5.75 Å². The van der Waals surface area contributed by atoms with Crippen LogP contribution in [0.15, 0.2) is 18.2 Å². The topological polar surface area (TPSA) is 41.5 Å². The average Bonchev–Trinajstić information content (AvgIpc) is 2.39. The fourth-order valence-electron chi connectivity index (χ4n) is 2.28. The van der Waals surface area contributed by atoms with E-state index in [1.54, 1.807) is 13.2 Å². The van der Waals surface area contributed by atoms with E-state index < -0.39 is 6.10 Å². The molecule has 1 heterocycles. The molecule has 0 spiro atoms. The van der Waals surface area contributed by atoms with Crippen molar-refractivity contribution in [1.82, 2.24) is 5.32 Å². The van der Waals surface area contributed by atoms with Gasteiger partial charge < -0.3 is 15.2 Å². The van der Waals surface area contributed by atoms with Gasteiger partial charge in [0.25, 0.3) is 0 Å². The number of piperidine rings is 1. The Balaban J connectivity index is 2.15. The summed E-state index contributed by atoms with van der Waals surface area (Å²) in [6.45, 7) is 1.92. The van der Waals surface area contributed by atoms with Crippen molar-refractivity contribution in [2.24, 2.45) is 5.92 Å². The maximum absolute atomic E-state index is 10.3. The second-order valence-corrected chi connectivity index (χ2v) is 4.85. The van der Waals surface area contributed by atoms with Crippen molar-refractivity contribution in [2.75, 3.05) is 20.2 Å². The average molecular weight is 256 g/mol. The van der Waals surface area contributed by atoms with E-state index in [0.717, 1.165) is 31.5 Å². The maximum atomic E-state index is 10.3. The second-order valence-electron chi connectivity index (χ2n) is 4.45. The second kappa shape index (κ2) is 5.71. The number of methoxy groups -OCH3 is 1. The highest BCUT2D eigenvalue weighted by Gasteiger charge is 2.23. The lowest BCUT2D eigenvalue weighted by molar-refractivity contribution is 0.0919. The highest BCUT2D eigenvalue weighted by molar-refractivity contribution is 6.32. The number of benzene rings is 1. The predicted octanol–water partition coefficient (Wildman–Crippen LogP) is 2.38. The molecule has 1 saturated heterocycles. The lowest BCUT2D eigenvalue weighted by Crippen LogP contribution is -2.33. The van der Waals surface area contributed by atoms with Crippen LogP contribution in [0, 0.1) is 5.92 Å². The summed E-state index contributed by atoms with van der Waals surface area (Å²) in [5, 5.41) is 14.2. The molecule has 2 N–H and O–H groups in total. The molecule has 17 heavy (non-hydrogen) atoms. The Bertz CT molecular complexity index is 378. The van der Waals surface area contributed by atoms with Crippen LogP contribution in [0.2, 0.25) is 5.02 Å². The van der Waals surface area contributed by atoms with E-state index in [0.29, 0.717) is 10.8 Å². The van der Waals surface area contributed by atoms with Gasteiger partial charge in [-0.25, -0.2) is 0 Å². The van der Waals surface area contributed by atoms with Gasteiger partial charge in [0.05, 0.1) is 18.2 Å². The molecule has 0 radical (unpaired) electrons. The van der Waals surface area contributed by atoms with E-state index in [2.05, 4.69) is 5.32 Å². The van der Waals surface area contributed by atoms with E-state index >= 15 is 0 Å². The Labute approximate surface area is 107 Å². The first-order chi connectivity index (χ1) is 8.22. The maximum Gasteiger partial charge on any atom is 0.137 e. The number of aliphatic hydroxyl groups is 1. The Morgan fingerprint density at radius 1 is 1.53 bits per heavy atom. The molecule has 0 bridgehead atoms. The minimum absolute atomic E-state index is 0.273. The lowest BCUT2D eigenvalue weighted by atomic mass is 9.89. The molecule has 0 amide bonds. The summed E-state index contributed by atoms with van der Waals surface area (Å²) in [6, 6.07) is 5.46. The third kappa shape index (κ3) is 2.92. The molecule has 2 unspecified atom stereocenters. The predicted molar refractivity (Wildman–Crippen MR) is 68.6 cm³/mol. The molecule has 2 rings (SSSR count). The number of rotatable bonds is 3. The van der Waals surface area contributed by atoms with Crippen molar-refractivity contribution < 1.29 is 9.84 Å². The van der Waals surface area contributed by atoms with E-state index in [1.807, 2.05) is 12.1 Å². The smallest absolute Gasteiger partial charge is 0.137 e. The summed E-state index contributed by atoms with van der Waals surface area (Å²) in [6.07, 6.45) is 1.72. The molecule has 94 valence electrons. The minimum Gasteiger partial charge on any atom is -0.495 e. The third-order valence-corrected chi connectivity index (χ3v) is 3.61. The van der Waals surface area contributed by atoms with Crippen LogP contribution in [0.25, 0.3) is 0 Å². The van der Waals surface area contributed by atoms with Gasteiger partial charge in [0.15, 0.2) is 0 Å². The molecule has 0 aromatic heterocycles. The van der Waals surface area contributed by atoms with Crippen LogP contribution >= 0.6 is 11.6 Å². The molecule has 1 fully saturated rings. The summed E-state index contributed by atoms with van der Waals surface area (Å²) in [4.78, 5) is 0. The summed E-state index contributed by atoms with van der Waals surface area (Å²) in [7, 11) is 1.58. The van der Waals surface area contributed by atoms with Crippen LogP contribution in [-0.4, -0.2) is 25.3 Å². The normalized spacial score (nSPS) is 22.2. The van der Waals surface area contributed by atoms with Gasteiger partial charge in [-0.1, -0.05) is 17.7 Å². The van der Waals surface area contributed by atoms with Gasteiger partial charge in [-0.15, -0.1) is 0 Å². The lowest BCUT2D eigenvalue weighted by Gasteiger charge is -2.27. The van der Waals surface area contributed by atoms with Gasteiger partial charge in [0, 0.05) is 12.5 Å².